The highest BCUT2D eigenvalue weighted by atomic mass is 19.2. The Balaban J connectivity index is 2.24. The lowest BCUT2D eigenvalue weighted by molar-refractivity contribution is 0.108. The van der Waals surface area contributed by atoms with Crippen molar-refractivity contribution < 1.29 is 13.9 Å². The van der Waals surface area contributed by atoms with Crippen LogP contribution in [0.2, 0.25) is 0 Å². The number of aliphatic hydroxyl groups excluding tert-OH is 1. The molecule has 1 unspecified atom stereocenters. The molecule has 1 aliphatic heterocycles. The number of rotatable bonds is 3. The summed E-state index contributed by atoms with van der Waals surface area (Å²) in [6.07, 6.45) is 0. The van der Waals surface area contributed by atoms with Gasteiger partial charge in [-0.1, -0.05) is 12.1 Å². The number of hydrogen-bond donors (Lipinski definition) is 2. The smallest absolute Gasteiger partial charge is 0.163 e. The molecule has 0 amide bonds. The van der Waals surface area contributed by atoms with Crippen LogP contribution in [-0.4, -0.2) is 42.8 Å². The molecule has 1 saturated heterocycles. The van der Waals surface area contributed by atoms with Crippen molar-refractivity contribution in [1.29, 1.82) is 0 Å². The monoisotopic (exact) mass is 242 g/mol. The van der Waals surface area contributed by atoms with Crippen molar-refractivity contribution in [3.05, 3.63) is 35.4 Å². The van der Waals surface area contributed by atoms with Gasteiger partial charge in [-0.15, -0.1) is 0 Å². The van der Waals surface area contributed by atoms with Crippen LogP contribution in [0.4, 0.5) is 8.78 Å². The second-order valence-corrected chi connectivity index (χ2v) is 4.13. The van der Waals surface area contributed by atoms with Gasteiger partial charge in [-0.2, -0.15) is 0 Å². The van der Waals surface area contributed by atoms with Gasteiger partial charge in [-0.05, 0) is 6.07 Å². The fourth-order valence-electron chi connectivity index (χ4n) is 2.18. The highest BCUT2D eigenvalue weighted by Crippen LogP contribution is 2.24. The maximum absolute atomic E-state index is 13.7. The summed E-state index contributed by atoms with van der Waals surface area (Å²) in [5, 5.41) is 12.6. The Morgan fingerprint density at radius 2 is 2.00 bits per heavy atom. The SMILES string of the molecule is OCC(c1cccc(F)c1F)N1CCNCC1. The molecule has 1 aliphatic rings. The largest absolute Gasteiger partial charge is 0.394 e. The molecule has 1 fully saturated rings. The van der Waals surface area contributed by atoms with E-state index in [0.717, 1.165) is 32.2 Å². The first-order chi connectivity index (χ1) is 8.24. The van der Waals surface area contributed by atoms with Crippen molar-refractivity contribution >= 4 is 0 Å². The van der Waals surface area contributed by atoms with E-state index in [0.29, 0.717) is 0 Å². The molecule has 3 nitrogen and oxygen atoms in total. The lowest BCUT2D eigenvalue weighted by atomic mass is 10.0. The van der Waals surface area contributed by atoms with Crippen LogP contribution in [0.1, 0.15) is 11.6 Å². The Hall–Kier alpha value is -1.04. The molecule has 94 valence electrons. The predicted octanol–water partition coefficient (Wildman–Crippen LogP) is 0.903. The van der Waals surface area contributed by atoms with Crippen LogP contribution >= 0.6 is 0 Å². The van der Waals surface area contributed by atoms with Crippen LogP contribution in [-0.2, 0) is 0 Å². The van der Waals surface area contributed by atoms with Gasteiger partial charge in [0.2, 0.25) is 0 Å². The number of benzene rings is 1. The van der Waals surface area contributed by atoms with Gasteiger partial charge in [-0.3, -0.25) is 4.90 Å². The molecular formula is C12H16F2N2O. The van der Waals surface area contributed by atoms with Crippen LogP contribution in [0.3, 0.4) is 0 Å². The summed E-state index contributed by atoms with van der Waals surface area (Å²) in [6.45, 7) is 2.84. The lowest BCUT2D eigenvalue weighted by Crippen LogP contribution is -2.46. The molecule has 1 heterocycles. The zero-order valence-corrected chi connectivity index (χ0v) is 9.50. The van der Waals surface area contributed by atoms with Crippen molar-refractivity contribution in [2.75, 3.05) is 32.8 Å². The molecule has 0 bridgehead atoms. The van der Waals surface area contributed by atoms with Crippen molar-refractivity contribution in [3.8, 4) is 0 Å². The van der Waals surface area contributed by atoms with Crippen molar-refractivity contribution in [2.24, 2.45) is 0 Å². The molecule has 1 atom stereocenters. The van der Waals surface area contributed by atoms with Crippen molar-refractivity contribution in [3.63, 3.8) is 0 Å². The van der Waals surface area contributed by atoms with E-state index in [1.807, 2.05) is 4.90 Å². The van der Waals surface area contributed by atoms with E-state index in [1.165, 1.54) is 12.1 Å². The molecule has 2 rings (SSSR count). The van der Waals surface area contributed by atoms with Crippen LogP contribution in [0.25, 0.3) is 0 Å². The zero-order valence-electron chi connectivity index (χ0n) is 9.50. The van der Waals surface area contributed by atoms with Gasteiger partial charge < -0.3 is 10.4 Å². The van der Waals surface area contributed by atoms with Crippen LogP contribution in [0.15, 0.2) is 18.2 Å². The van der Waals surface area contributed by atoms with E-state index in [-0.39, 0.29) is 12.2 Å². The van der Waals surface area contributed by atoms with E-state index >= 15 is 0 Å². The second-order valence-electron chi connectivity index (χ2n) is 4.13. The Morgan fingerprint density at radius 3 is 2.65 bits per heavy atom. The van der Waals surface area contributed by atoms with E-state index in [9.17, 15) is 13.9 Å². The molecule has 0 aromatic heterocycles. The minimum atomic E-state index is -0.865. The molecule has 5 heteroatoms. The summed E-state index contributed by atoms with van der Waals surface area (Å²) in [5.74, 6) is -1.72. The Labute approximate surface area is 99.1 Å². The third kappa shape index (κ3) is 2.62. The first-order valence-corrected chi connectivity index (χ1v) is 5.73. The second kappa shape index (κ2) is 5.53. The molecule has 1 aromatic carbocycles. The van der Waals surface area contributed by atoms with Gasteiger partial charge in [0.25, 0.3) is 0 Å². The topological polar surface area (TPSA) is 35.5 Å². The fourth-order valence-corrected chi connectivity index (χ4v) is 2.18. The molecule has 17 heavy (non-hydrogen) atoms. The molecule has 0 spiro atoms. The number of nitrogens with one attached hydrogen (secondary N) is 1. The Morgan fingerprint density at radius 1 is 1.29 bits per heavy atom. The van der Waals surface area contributed by atoms with E-state index in [1.54, 1.807) is 0 Å². The molecule has 2 N–H and O–H groups in total. The normalized spacial score (nSPS) is 19.2. The third-order valence-electron chi connectivity index (χ3n) is 3.11. The summed E-state index contributed by atoms with van der Waals surface area (Å²) in [7, 11) is 0. The maximum atomic E-state index is 13.7. The summed E-state index contributed by atoms with van der Waals surface area (Å²) >= 11 is 0. The van der Waals surface area contributed by atoms with Gasteiger partial charge in [0, 0.05) is 31.7 Å². The minimum absolute atomic E-state index is 0.208. The predicted molar refractivity (Wildman–Crippen MR) is 60.6 cm³/mol. The van der Waals surface area contributed by atoms with Gasteiger partial charge in [0.15, 0.2) is 11.6 Å². The highest BCUT2D eigenvalue weighted by Gasteiger charge is 2.24. The first kappa shape index (κ1) is 12.4. The number of hydrogen-bond acceptors (Lipinski definition) is 3. The number of piperazine rings is 1. The quantitative estimate of drug-likeness (QED) is 0.826. The molecule has 0 radical (unpaired) electrons. The van der Waals surface area contributed by atoms with Gasteiger partial charge in [0.05, 0.1) is 12.6 Å². The van der Waals surface area contributed by atoms with Crippen LogP contribution in [0, 0.1) is 11.6 Å². The third-order valence-corrected chi connectivity index (χ3v) is 3.11. The van der Waals surface area contributed by atoms with Crippen LogP contribution < -0.4 is 5.32 Å². The van der Waals surface area contributed by atoms with E-state index in [2.05, 4.69) is 5.32 Å². The van der Waals surface area contributed by atoms with Gasteiger partial charge in [-0.25, -0.2) is 8.78 Å². The standard InChI is InChI=1S/C12H16F2N2O/c13-10-3-1-2-9(12(10)14)11(8-17)16-6-4-15-5-7-16/h1-3,11,15,17H,4-8H2. The summed E-state index contributed by atoms with van der Waals surface area (Å²) in [6, 6.07) is 3.62. The van der Waals surface area contributed by atoms with Gasteiger partial charge >= 0.3 is 0 Å². The first-order valence-electron chi connectivity index (χ1n) is 5.73. The minimum Gasteiger partial charge on any atom is -0.394 e. The molecule has 0 saturated carbocycles. The number of halogens is 2. The average Bonchev–Trinajstić information content (AvgIpc) is 2.37. The summed E-state index contributed by atoms with van der Waals surface area (Å²) in [5.41, 5.74) is 0.231. The summed E-state index contributed by atoms with van der Waals surface area (Å²) < 4.78 is 26.8. The highest BCUT2D eigenvalue weighted by molar-refractivity contribution is 5.23. The van der Waals surface area contributed by atoms with Crippen molar-refractivity contribution in [2.45, 2.75) is 6.04 Å². The number of nitrogens with zero attached hydrogens (tertiary/aromatic N) is 1. The van der Waals surface area contributed by atoms with E-state index < -0.39 is 17.7 Å². The zero-order chi connectivity index (χ0) is 12.3. The Kier molecular flexibility index (Phi) is 4.04. The summed E-state index contributed by atoms with van der Waals surface area (Å²) in [4.78, 5) is 1.97. The Bertz CT molecular complexity index is 381. The fraction of sp³-hybridized carbons (Fsp3) is 0.500. The molecule has 1 aromatic rings. The maximum Gasteiger partial charge on any atom is 0.163 e. The van der Waals surface area contributed by atoms with Crippen LogP contribution in [0.5, 0.6) is 0 Å². The lowest BCUT2D eigenvalue weighted by Gasteiger charge is -2.34. The molecule has 0 aliphatic carbocycles. The average molecular weight is 242 g/mol. The van der Waals surface area contributed by atoms with Crippen molar-refractivity contribution in [1.82, 2.24) is 10.2 Å². The van der Waals surface area contributed by atoms with Gasteiger partial charge in [0.1, 0.15) is 0 Å². The number of aliphatic hydroxyl groups is 1. The van der Waals surface area contributed by atoms with E-state index in [4.69, 9.17) is 0 Å². The molecular weight excluding hydrogens is 226 g/mol.